The van der Waals surface area contributed by atoms with E-state index >= 15 is 0 Å². The van der Waals surface area contributed by atoms with E-state index in [1.165, 1.54) is 6.07 Å². The molecular formula is C13H19Cl2FN2. The Kier molecular flexibility index (Phi) is 6.36. The zero-order valence-corrected chi connectivity index (χ0v) is 12.0. The maximum absolute atomic E-state index is 13.6. The summed E-state index contributed by atoms with van der Waals surface area (Å²) in [6, 6.07) is 5.53. The second-order valence-electron chi connectivity index (χ2n) is 4.57. The van der Waals surface area contributed by atoms with Crippen LogP contribution < -0.4 is 5.32 Å². The third kappa shape index (κ3) is 4.09. The second kappa shape index (κ2) is 7.29. The molecule has 0 spiro atoms. The van der Waals surface area contributed by atoms with Gasteiger partial charge in [0.15, 0.2) is 0 Å². The van der Waals surface area contributed by atoms with Gasteiger partial charge in [-0.2, -0.15) is 0 Å². The van der Waals surface area contributed by atoms with Gasteiger partial charge >= 0.3 is 0 Å². The third-order valence-electron chi connectivity index (χ3n) is 3.40. The molecule has 0 atom stereocenters. The number of piperidine rings is 1. The average molecular weight is 293 g/mol. The topological polar surface area (TPSA) is 15.3 Å². The molecule has 0 aliphatic carbocycles. The predicted octanol–water partition coefficient (Wildman–Crippen LogP) is 3.08. The summed E-state index contributed by atoms with van der Waals surface area (Å²) < 4.78 is 13.6. The highest BCUT2D eigenvalue weighted by Gasteiger charge is 2.18. The van der Waals surface area contributed by atoms with Gasteiger partial charge in [0.1, 0.15) is 5.82 Å². The number of nitrogens with zero attached hydrogens (tertiary/aromatic N) is 1. The molecule has 18 heavy (non-hydrogen) atoms. The molecule has 102 valence electrons. The Morgan fingerprint density at radius 3 is 2.61 bits per heavy atom. The van der Waals surface area contributed by atoms with Crippen molar-refractivity contribution in [2.75, 3.05) is 20.1 Å². The van der Waals surface area contributed by atoms with E-state index in [-0.39, 0.29) is 18.2 Å². The van der Waals surface area contributed by atoms with Crippen LogP contribution >= 0.6 is 24.0 Å². The Morgan fingerprint density at radius 2 is 2.06 bits per heavy atom. The first kappa shape index (κ1) is 15.7. The van der Waals surface area contributed by atoms with Crippen molar-refractivity contribution in [3.8, 4) is 0 Å². The summed E-state index contributed by atoms with van der Waals surface area (Å²) in [4.78, 5) is 2.29. The van der Waals surface area contributed by atoms with Crippen molar-refractivity contribution in [1.82, 2.24) is 10.2 Å². The molecule has 1 aliphatic heterocycles. The van der Waals surface area contributed by atoms with Crippen molar-refractivity contribution < 1.29 is 4.39 Å². The number of rotatable bonds is 3. The molecule has 0 amide bonds. The van der Waals surface area contributed by atoms with Crippen molar-refractivity contribution >= 4 is 24.0 Å². The van der Waals surface area contributed by atoms with Gasteiger partial charge in [0.05, 0.1) is 0 Å². The summed E-state index contributed by atoms with van der Waals surface area (Å²) in [6.45, 7) is 2.72. The quantitative estimate of drug-likeness (QED) is 0.921. The molecule has 1 N–H and O–H groups in total. The van der Waals surface area contributed by atoms with E-state index in [9.17, 15) is 4.39 Å². The standard InChI is InChI=1S/C13H18ClFN2.ClH/c1-16-12-4-6-17(7-5-12)9-10-2-3-11(14)8-13(10)15;/h2-3,8,12,16H,4-7,9H2,1H3;1H. The molecule has 1 heterocycles. The number of halogens is 3. The summed E-state index contributed by atoms with van der Waals surface area (Å²) >= 11 is 5.74. The highest BCUT2D eigenvalue weighted by Crippen LogP contribution is 2.18. The molecule has 1 fully saturated rings. The Morgan fingerprint density at radius 1 is 1.39 bits per heavy atom. The van der Waals surface area contributed by atoms with Crippen LogP contribution in [0, 0.1) is 5.82 Å². The summed E-state index contributed by atoms with van der Waals surface area (Å²) in [5, 5.41) is 3.75. The van der Waals surface area contributed by atoms with E-state index in [4.69, 9.17) is 11.6 Å². The average Bonchev–Trinajstić information content (AvgIpc) is 2.34. The number of likely N-dealkylation sites (tertiary alicyclic amines) is 1. The van der Waals surface area contributed by atoms with E-state index in [0.717, 1.165) is 31.5 Å². The van der Waals surface area contributed by atoms with Crippen LogP contribution in [0.3, 0.4) is 0 Å². The maximum Gasteiger partial charge on any atom is 0.129 e. The van der Waals surface area contributed by atoms with E-state index < -0.39 is 0 Å². The van der Waals surface area contributed by atoms with Gasteiger partial charge in [-0.1, -0.05) is 17.7 Å². The number of nitrogens with one attached hydrogen (secondary N) is 1. The van der Waals surface area contributed by atoms with Crippen molar-refractivity contribution in [3.05, 3.63) is 34.6 Å². The van der Waals surface area contributed by atoms with Gasteiger partial charge in [0.25, 0.3) is 0 Å². The molecule has 0 saturated carbocycles. The summed E-state index contributed by atoms with van der Waals surface area (Å²) in [7, 11) is 2.00. The minimum Gasteiger partial charge on any atom is -0.317 e. The Labute approximate surface area is 119 Å². The van der Waals surface area contributed by atoms with Gasteiger partial charge in [-0.05, 0) is 45.1 Å². The molecular weight excluding hydrogens is 274 g/mol. The largest absolute Gasteiger partial charge is 0.317 e. The molecule has 0 radical (unpaired) electrons. The van der Waals surface area contributed by atoms with Crippen LogP contribution in [0.5, 0.6) is 0 Å². The first-order chi connectivity index (χ1) is 8.19. The van der Waals surface area contributed by atoms with E-state index in [1.807, 2.05) is 7.05 Å². The molecule has 1 aliphatic rings. The van der Waals surface area contributed by atoms with Crippen molar-refractivity contribution in [1.29, 1.82) is 0 Å². The van der Waals surface area contributed by atoms with Crippen LogP contribution in [0.2, 0.25) is 5.02 Å². The summed E-state index contributed by atoms with van der Waals surface area (Å²) in [5.41, 5.74) is 0.734. The molecule has 5 heteroatoms. The third-order valence-corrected chi connectivity index (χ3v) is 3.64. The normalized spacial score (nSPS) is 17.5. The lowest BCUT2D eigenvalue weighted by Gasteiger charge is -2.31. The zero-order chi connectivity index (χ0) is 12.3. The molecule has 1 saturated heterocycles. The monoisotopic (exact) mass is 292 g/mol. The highest BCUT2D eigenvalue weighted by atomic mass is 35.5. The Bertz CT molecular complexity index is 379. The second-order valence-corrected chi connectivity index (χ2v) is 5.01. The van der Waals surface area contributed by atoms with Gasteiger partial charge in [-0.3, -0.25) is 4.90 Å². The van der Waals surface area contributed by atoms with Crippen LogP contribution in [0.4, 0.5) is 4.39 Å². The lowest BCUT2D eigenvalue weighted by Crippen LogP contribution is -2.40. The maximum atomic E-state index is 13.6. The van der Waals surface area contributed by atoms with Crippen molar-refractivity contribution in [2.45, 2.75) is 25.4 Å². The Hall–Kier alpha value is -0.350. The lowest BCUT2D eigenvalue weighted by molar-refractivity contribution is 0.192. The van der Waals surface area contributed by atoms with E-state index in [0.29, 0.717) is 17.6 Å². The first-order valence-electron chi connectivity index (χ1n) is 6.02. The van der Waals surface area contributed by atoms with Gasteiger partial charge in [0, 0.05) is 23.2 Å². The molecule has 2 nitrogen and oxygen atoms in total. The fourth-order valence-corrected chi connectivity index (χ4v) is 2.43. The molecule has 1 aromatic rings. The van der Waals surface area contributed by atoms with E-state index in [1.54, 1.807) is 12.1 Å². The number of hydrogen-bond donors (Lipinski definition) is 1. The first-order valence-corrected chi connectivity index (χ1v) is 6.40. The summed E-state index contributed by atoms with van der Waals surface area (Å²) in [5.74, 6) is -0.201. The van der Waals surface area contributed by atoms with Gasteiger partial charge in [-0.15, -0.1) is 12.4 Å². The van der Waals surface area contributed by atoms with E-state index in [2.05, 4.69) is 10.2 Å². The van der Waals surface area contributed by atoms with Gasteiger partial charge < -0.3 is 5.32 Å². The van der Waals surface area contributed by atoms with Crippen LogP contribution in [0.15, 0.2) is 18.2 Å². The van der Waals surface area contributed by atoms with Gasteiger partial charge in [0.2, 0.25) is 0 Å². The molecule has 0 bridgehead atoms. The minimum absolute atomic E-state index is 0. The minimum atomic E-state index is -0.201. The highest BCUT2D eigenvalue weighted by molar-refractivity contribution is 6.30. The van der Waals surface area contributed by atoms with Crippen LogP contribution in [-0.4, -0.2) is 31.1 Å². The summed E-state index contributed by atoms with van der Waals surface area (Å²) in [6.07, 6.45) is 2.26. The fourth-order valence-electron chi connectivity index (χ4n) is 2.27. The molecule has 2 rings (SSSR count). The number of benzene rings is 1. The van der Waals surface area contributed by atoms with Gasteiger partial charge in [-0.25, -0.2) is 4.39 Å². The molecule has 0 aromatic heterocycles. The van der Waals surface area contributed by atoms with Crippen molar-refractivity contribution in [3.63, 3.8) is 0 Å². The smallest absolute Gasteiger partial charge is 0.129 e. The zero-order valence-electron chi connectivity index (χ0n) is 10.5. The van der Waals surface area contributed by atoms with Crippen molar-refractivity contribution in [2.24, 2.45) is 0 Å². The van der Waals surface area contributed by atoms with Crippen LogP contribution in [0.1, 0.15) is 18.4 Å². The Balaban J connectivity index is 0.00000162. The predicted molar refractivity (Wildman–Crippen MR) is 76.0 cm³/mol. The SMILES string of the molecule is CNC1CCN(Cc2ccc(Cl)cc2F)CC1.Cl. The number of hydrogen-bond acceptors (Lipinski definition) is 2. The van der Waals surface area contributed by atoms with Crippen LogP contribution in [0.25, 0.3) is 0 Å². The molecule has 0 unspecified atom stereocenters. The van der Waals surface area contributed by atoms with Crippen LogP contribution in [-0.2, 0) is 6.54 Å². The fraction of sp³-hybridized carbons (Fsp3) is 0.538. The lowest BCUT2D eigenvalue weighted by atomic mass is 10.0. The molecule has 1 aromatic carbocycles.